The zero-order chi connectivity index (χ0) is 21.3. The van der Waals surface area contributed by atoms with Crippen LogP contribution in [-0.2, 0) is 9.59 Å². The first-order valence-corrected chi connectivity index (χ1v) is 9.85. The van der Waals surface area contributed by atoms with E-state index in [1.54, 1.807) is 37.3 Å². The van der Waals surface area contributed by atoms with Crippen molar-refractivity contribution in [2.45, 2.75) is 26.3 Å². The fraction of sp³-hybridized carbons (Fsp3) is 0.318. The minimum atomic E-state index is -0.675. The van der Waals surface area contributed by atoms with E-state index in [0.29, 0.717) is 36.1 Å². The van der Waals surface area contributed by atoms with Gasteiger partial charge in [0.25, 0.3) is 5.91 Å². The van der Waals surface area contributed by atoms with Crippen LogP contribution < -0.4 is 19.7 Å². The highest BCUT2D eigenvalue weighted by Gasteiger charge is 2.44. The number of aryl methyl sites for hydroxylation is 1. The summed E-state index contributed by atoms with van der Waals surface area (Å²) in [5.74, 6) is 0.300. The van der Waals surface area contributed by atoms with Crippen LogP contribution in [0.4, 0.5) is 16.2 Å². The SMILES string of the molecule is Cc1ccc(N2C(=O)N(CC(=O)Nc3ccc4c(c3)OCCCO4)C(=O)[C@H]2C)cc1. The molecule has 1 N–H and O–H groups in total. The monoisotopic (exact) mass is 409 g/mol. The number of hydrogen-bond acceptors (Lipinski definition) is 5. The standard InChI is InChI=1S/C22H23N3O5/c1-14-4-7-17(8-5-14)25-15(2)21(27)24(22(25)28)13-20(26)23-16-6-9-18-19(12-16)30-11-3-10-29-18/h4-9,12,15H,3,10-11,13H2,1-2H3,(H,23,26)/t15-/m1/s1. The van der Waals surface area contributed by atoms with Crippen molar-refractivity contribution in [3.05, 3.63) is 48.0 Å². The molecule has 4 rings (SSSR count). The topological polar surface area (TPSA) is 88.2 Å². The van der Waals surface area contributed by atoms with Crippen LogP contribution in [0.25, 0.3) is 0 Å². The van der Waals surface area contributed by atoms with Crippen LogP contribution in [0.5, 0.6) is 11.5 Å². The van der Waals surface area contributed by atoms with Crippen molar-refractivity contribution in [1.82, 2.24) is 4.90 Å². The Labute approximate surface area is 174 Å². The number of carbonyl (C=O) groups is 3. The number of ether oxygens (including phenoxy) is 2. The lowest BCUT2D eigenvalue weighted by atomic mass is 10.2. The number of imide groups is 1. The fourth-order valence-electron chi connectivity index (χ4n) is 3.50. The number of fused-ring (bicyclic) bond motifs is 1. The van der Waals surface area contributed by atoms with E-state index in [2.05, 4.69) is 5.32 Å². The molecule has 156 valence electrons. The molecule has 0 aromatic heterocycles. The largest absolute Gasteiger partial charge is 0.490 e. The number of nitrogens with zero attached hydrogens (tertiary/aromatic N) is 2. The second kappa shape index (κ2) is 8.06. The lowest BCUT2D eigenvalue weighted by Crippen LogP contribution is -2.39. The Hall–Kier alpha value is -3.55. The Balaban J connectivity index is 1.45. The maximum atomic E-state index is 12.8. The zero-order valence-electron chi connectivity index (χ0n) is 16.9. The predicted octanol–water partition coefficient (Wildman–Crippen LogP) is 2.95. The minimum Gasteiger partial charge on any atom is -0.490 e. The molecule has 0 spiro atoms. The van der Waals surface area contributed by atoms with Crippen LogP contribution in [0.3, 0.4) is 0 Å². The third-order valence-corrected chi connectivity index (χ3v) is 5.09. The summed E-state index contributed by atoms with van der Waals surface area (Å²) in [6.07, 6.45) is 0.783. The number of anilines is 2. The molecule has 2 aromatic carbocycles. The van der Waals surface area contributed by atoms with Gasteiger partial charge in [0.05, 0.1) is 13.2 Å². The number of urea groups is 1. The Morgan fingerprint density at radius 1 is 1.07 bits per heavy atom. The number of benzene rings is 2. The fourth-order valence-corrected chi connectivity index (χ4v) is 3.50. The van der Waals surface area contributed by atoms with Gasteiger partial charge in [0.15, 0.2) is 11.5 Å². The van der Waals surface area contributed by atoms with Gasteiger partial charge in [0.1, 0.15) is 12.6 Å². The van der Waals surface area contributed by atoms with Crippen molar-refractivity contribution in [3.63, 3.8) is 0 Å². The van der Waals surface area contributed by atoms with Gasteiger partial charge < -0.3 is 14.8 Å². The molecule has 0 aliphatic carbocycles. The average molecular weight is 409 g/mol. The summed E-state index contributed by atoms with van der Waals surface area (Å²) < 4.78 is 11.2. The van der Waals surface area contributed by atoms with E-state index in [1.165, 1.54) is 4.90 Å². The maximum Gasteiger partial charge on any atom is 0.332 e. The third-order valence-electron chi connectivity index (χ3n) is 5.09. The minimum absolute atomic E-state index is 0.362. The number of carbonyl (C=O) groups excluding carboxylic acids is 3. The van der Waals surface area contributed by atoms with E-state index in [1.807, 2.05) is 19.1 Å². The van der Waals surface area contributed by atoms with Crippen LogP contribution >= 0.6 is 0 Å². The Morgan fingerprint density at radius 2 is 1.77 bits per heavy atom. The predicted molar refractivity (Wildman–Crippen MR) is 111 cm³/mol. The van der Waals surface area contributed by atoms with Crippen LogP contribution in [0.15, 0.2) is 42.5 Å². The van der Waals surface area contributed by atoms with Gasteiger partial charge >= 0.3 is 6.03 Å². The molecule has 1 saturated heterocycles. The van der Waals surface area contributed by atoms with Gasteiger partial charge in [0, 0.05) is 23.9 Å². The van der Waals surface area contributed by atoms with Crippen molar-refractivity contribution in [3.8, 4) is 11.5 Å². The number of nitrogens with one attached hydrogen (secondary N) is 1. The van der Waals surface area contributed by atoms with Gasteiger partial charge in [0.2, 0.25) is 5.91 Å². The molecule has 4 amide bonds. The Bertz CT molecular complexity index is 989. The first-order valence-electron chi connectivity index (χ1n) is 9.85. The lowest BCUT2D eigenvalue weighted by molar-refractivity contribution is -0.130. The van der Waals surface area contributed by atoms with Gasteiger partial charge in [-0.2, -0.15) is 0 Å². The highest BCUT2D eigenvalue weighted by Crippen LogP contribution is 2.32. The molecule has 0 unspecified atom stereocenters. The first-order chi connectivity index (χ1) is 14.4. The molecule has 2 aliphatic rings. The Morgan fingerprint density at radius 3 is 2.50 bits per heavy atom. The molecule has 8 heteroatoms. The van der Waals surface area contributed by atoms with Crippen molar-refractivity contribution in [1.29, 1.82) is 0 Å². The quantitative estimate of drug-likeness (QED) is 0.785. The summed E-state index contributed by atoms with van der Waals surface area (Å²) in [4.78, 5) is 40.4. The summed E-state index contributed by atoms with van der Waals surface area (Å²) in [6, 6.07) is 11.2. The van der Waals surface area contributed by atoms with Gasteiger partial charge in [-0.1, -0.05) is 17.7 Å². The summed E-state index contributed by atoms with van der Waals surface area (Å²) >= 11 is 0. The van der Waals surface area contributed by atoms with Gasteiger partial charge in [-0.05, 0) is 38.1 Å². The smallest absolute Gasteiger partial charge is 0.332 e. The number of amides is 4. The van der Waals surface area contributed by atoms with E-state index < -0.39 is 23.9 Å². The van der Waals surface area contributed by atoms with Crippen LogP contribution in [0.2, 0.25) is 0 Å². The molecule has 1 fully saturated rings. The van der Waals surface area contributed by atoms with E-state index in [-0.39, 0.29) is 6.54 Å². The van der Waals surface area contributed by atoms with Crippen LogP contribution in [0, 0.1) is 6.92 Å². The van der Waals surface area contributed by atoms with E-state index in [4.69, 9.17) is 9.47 Å². The number of rotatable bonds is 4. The molecule has 8 nitrogen and oxygen atoms in total. The lowest BCUT2D eigenvalue weighted by Gasteiger charge is -2.19. The second-order valence-corrected chi connectivity index (χ2v) is 7.35. The summed E-state index contributed by atoms with van der Waals surface area (Å²) in [5.41, 5.74) is 2.18. The van der Waals surface area contributed by atoms with Crippen molar-refractivity contribution in [2.75, 3.05) is 30.0 Å². The Kier molecular flexibility index (Phi) is 5.31. The van der Waals surface area contributed by atoms with Crippen molar-refractivity contribution in [2.24, 2.45) is 0 Å². The molecule has 0 bridgehead atoms. The van der Waals surface area contributed by atoms with E-state index >= 15 is 0 Å². The molecule has 2 aliphatic heterocycles. The van der Waals surface area contributed by atoms with Gasteiger partial charge in [-0.15, -0.1) is 0 Å². The highest BCUT2D eigenvalue weighted by atomic mass is 16.5. The molecule has 30 heavy (non-hydrogen) atoms. The molecule has 1 atom stereocenters. The first kappa shape index (κ1) is 19.8. The van der Waals surface area contributed by atoms with Crippen LogP contribution in [-0.4, -0.2) is 48.5 Å². The molecule has 2 aromatic rings. The average Bonchev–Trinajstić information content (AvgIpc) is 2.89. The zero-order valence-corrected chi connectivity index (χ0v) is 16.9. The second-order valence-electron chi connectivity index (χ2n) is 7.35. The molecule has 2 heterocycles. The van der Waals surface area contributed by atoms with Crippen molar-refractivity contribution < 1.29 is 23.9 Å². The summed E-state index contributed by atoms with van der Waals surface area (Å²) in [7, 11) is 0. The summed E-state index contributed by atoms with van der Waals surface area (Å²) in [5, 5.41) is 2.72. The molecule has 0 saturated carbocycles. The molecular formula is C22H23N3O5. The number of hydrogen-bond donors (Lipinski definition) is 1. The van der Waals surface area contributed by atoms with E-state index in [0.717, 1.165) is 16.9 Å². The highest BCUT2D eigenvalue weighted by molar-refractivity contribution is 6.16. The maximum absolute atomic E-state index is 12.8. The van der Waals surface area contributed by atoms with Gasteiger partial charge in [-0.3, -0.25) is 19.4 Å². The van der Waals surface area contributed by atoms with Crippen LogP contribution in [0.1, 0.15) is 18.9 Å². The summed E-state index contributed by atoms with van der Waals surface area (Å²) in [6.45, 7) is 4.35. The van der Waals surface area contributed by atoms with Gasteiger partial charge in [-0.25, -0.2) is 4.79 Å². The van der Waals surface area contributed by atoms with Crippen molar-refractivity contribution >= 4 is 29.2 Å². The third kappa shape index (κ3) is 3.80. The van der Waals surface area contributed by atoms with E-state index in [9.17, 15) is 14.4 Å². The normalized spacial score (nSPS) is 18.4. The molecular weight excluding hydrogens is 386 g/mol. The molecule has 0 radical (unpaired) electrons.